The van der Waals surface area contributed by atoms with E-state index >= 15 is 0 Å². The van der Waals surface area contributed by atoms with Gasteiger partial charge in [0.2, 0.25) is 0 Å². The molecule has 0 unspecified atom stereocenters. The fourth-order valence-corrected chi connectivity index (χ4v) is 3.66. The molecular formula is C18H18ClN3O2S. The van der Waals surface area contributed by atoms with E-state index in [0.29, 0.717) is 17.4 Å². The third-order valence-electron chi connectivity index (χ3n) is 3.98. The van der Waals surface area contributed by atoms with Crippen molar-refractivity contribution in [3.05, 3.63) is 51.1 Å². The summed E-state index contributed by atoms with van der Waals surface area (Å²) in [6, 6.07) is 7.65. The summed E-state index contributed by atoms with van der Waals surface area (Å²) in [7, 11) is 1.36. The second kappa shape index (κ2) is 7.37. The molecule has 2 aromatic heterocycles. The van der Waals surface area contributed by atoms with E-state index in [1.54, 1.807) is 11.3 Å². The number of methoxy groups -OCH3 is 1. The van der Waals surface area contributed by atoms with Crippen LogP contribution >= 0.6 is 22.9 Å². The Kier molecular flexibility index (Phi) is 5.20. The number of aryl methyl sites for hydroxylation is 2. The number of halogens is 1. The first-order valence-corrected chi connectivity index (χ1v) is 8.99. The van der Waals surface area contributed by atoms with Crippen molar-refractivity contribution in [3.8, 4) is 0 Å². The molecule has 0 amide bonds. The Morgan fingerprint density at radius 3 is 2.64 bits per heavy atom. The van der Waals surface area contributed by atoms with Crippen LogP contribution in [0.4, 0.5) is 5.82 Å². The molecule has 0 aliphatic rings. The zero-order valence-electron chi connectivity index (χ0n) is 14.2. The van der Waals surface area contributed by atoms with Crippen molar-refractivity contribution in [2.45, 2.75) is 26.8 Å². The number of nitrogens with one attached hydrogen (secondary N) is 1. The van der Waals surface area contributed by atoms with E-state index in [0.717, 1.165) is 27.2 Å². The molecule has 0 fully saturated rings. The van der Waals surface area contributed by atoms with E-state index in [1.165, 1.54) is 12.0 Å². The molecule has 0 spiro atoms. The zero-order valence-corrected chi connectivity index (χ0v) is 15.8. The number of rotatable bonds is 5. The molecule has 0 saturated carbocycles. The van der Waals surface area contributed by atoms with E-state index < -0.39 is 0 Å². The third kappa shape index (κ3) is 3.91. The molecule has 3 aromatic rings. The van der Waals surface area contributed by atoms with Gasteiger partial charge in [0.25, 0.3) is 0 Å². The average Bonchev–Trinajstić information content (AvgIpc) is 2.88. The summed E-state index contributed by atoms with van der Waals surface area (Å²) in [5.41, 5.74) is 2.25. The lowest BCUT2D eigenvalue weighted by Gasteiger charge is -2.10. The average molecular weight is 376 g/mol. The summed E-state index contributed by atoms with van der Waals surface area (Å²) in [5.74, 6) is 0.841. The maximum Gasteiger partial charge on any atom is 0.313 e. The number of carbonyl (C=O) groups excluding carboxylic acids is 1. The Morgan fingerprint density at radius 2 is 1.96 bits per heavy atom. The van der Waals surface area contributed by atoms with Gasteiger partial charge < -0.3 is 10.1 Å². The number of ether oxygens (including phenoxy) is 1. The maximum atomic E-state index is 11.6. The van der Waals surface area contributed by atoms with Gasteiger partial charge in [0.1, 0.15) is 22.9 Å². The van der Waals surface area contributed by atoms with Gasteiger partial charge in [0, 0.05) is 16.4 Å². The highest BCUT2D eigenvalue weighted by Crippen LogP contribution is 2.33. The topological polar surface area (TPSA) is 64.1 Å². The standard InChI is InChI=1S/C18H18ClN3O2S/c1-10-11(2)25-18-16(10)17(21-14(22-18)8-15(23)24-3)20-9-12-4-6-13(19)7-5-12/h4-7H,8-9H2,1-3H3,(H,20,21,22). The largest absolute Gasteiger partial charge is 0.469 e. The molecule has 1 N–H and O–H groups in total. The van der Waals surface area contributed by atoms with Crippen molar-refractivity contribution in [1.29, 1.82) is 0 Å². The van der Waals surface area contributed by atoms with Gasteiger partial charge in [0.05, 0.1) is 12.5 Å². The third-order valence-corrected chi connectivity index (χ3v) is 5.33. The second-order valence-corrected chi connectivity index (χ2v) is 7.32. The Balaban J connectivity index is 1.95. The number of thiophene rings is 1. The molecule has 0 aliphatic carbocycles. The van der Waals surface area contributed by atoms with Crippen molar-refractivity contribution in [3.63, 3.8) is 0 Å². The predicted octanol–water partition coefficient (Wildman–Crippen LogP) is 4.29. The highest BCUT2D eigenvalue weighted by Gasteiger charge is 2.16. The number of esters is 1. The van der Waals surface area contributed by atoms with E-state index in [4.69, 9.17) is 16.3 Å². The van der Waals surface area contributed by atoms with Crippen LogP contribution in [-0.4, -0.2) is 23.0 Å². The molecule has 2 heterocycles. The second-order valence-electron chi connectivity index (χ2n) is 5.68. The summed E-state index contributed by atoms with van der Waals surface area (Å²) in [4.78, 5) is 22.7. The molecule has 25 heavy (non-hydrogen) atoms. The van der Waals surface area contributed by atoms with Gasteiger partial charge in [-0.15, -0.1) is 11.3 Å². The lowest BCUT2D eigenvalue weighted by molar-refractivity contribution is -0.139. The molecule has 0 saturated heterocycles. The lowest BCUT2D eigenvalue weighted by Crippen LogP contribution is -2.10. The number of hydrogen-bond acceptors (Lipinski definition) is 6. The summed E-state index contributed by atoms with van der Waals surface area (Å²) < 4.78 is 4.73. The van der Waals surface area contributed by atoms with Gasteiger partial charge in [0.15, 0.2) is 0 Å². The fourth-order valence-electron chi connectivity index (χ4n) is 2.49. The minimum Gasteiger partial charge on any atom is -0.469 e. The van der Waals surface area contributed by atoms with Crippen LogP contribution in [0.5, 0.6) is 0 Å². The number of fused-ring (bicyclic) bond motifs is 1. The highest BCUT2D eigenvalue weighted by atomic mass is 35.5. The first-order valence-electron chi connectivity index (χ1n) is 7.79. The number of aromatic nitrogens is 2. The smallest absolute Gasteiger partial charge is 0.313 e. The number of nitrogens with zero attached hydrogens (tertiary/aromatic N) is 2. The molecule has 0 radical (unpaired) electrons. The van der Waals surface area contributed by atoms with Crippen LogP contribution in [0.3, 0.4) is 0 Å². The summed E-state index contributed by atoms with van der Waals surface area (Å²) in [5, 5.41) is 5.08. The van der Waals surface area contributed by atoms with Crippen LogP contribution in [-0.2, 0) is 22.5 Å². The normalized spacial score (nSPS) is 10.9. The molecule has 7 heteroatoms. The monoisotopic (exact) mass is 375 g/mol. The Labute approximate surface area is 155 Å². The molecule has 0 aliphatic heterocycles. The molecular weight excluding hydrogens is 358 g/mol. The van der Waals surface area contributed by atoms with Crippen molar-refractivity contribution in [2.24, 2.45) is 0 Å². The van der Waals surface area contributed by atoms with E-state index in [1.807, 2.05) is 24.3 Å². The molecule has 1 aromatic carbocycles. The number of hydrogen-bond donors (Lipinski definition) is 1. The van der Waals surface area contributed by atoms with Crippen molar-refractivity contribution in [2.75, 3.05) is 12.4 Å². The molecule has 3 rings (SSSR count). The minimum atomic E-state index is -0.354. The van der Waals surface area contributed by atoms with Gasteiger partial charge in [-0.05, 0) is 37.1 Å². The predicted molar refractivity (Wildman–Crippen MR) is 101 cm³/mol. The zero-order chi connectivity index (χ0) is 18.0. The summed E-state index contributed by atoms with van der Waals surface area (Å²) in [6.07, 6.45) is 0.0536. The van der Waals surface area contributed by atoms with Crippen LogP contribution in [0.15, 0.2) is 24.3 Å². The highest BCUT2D eigenvalue weighted by molar-refractivity contribution is 7.18. The van der Waals surface area contributed by atoms with Crippen molar-refractivity contribution >= 4 is 44.9 Å². The van der Waals surface area contributed by atoms with Gasteiger partial charge >= 0.3 is 5.97 Å². The molecule has 130 valence electrons. The Bertz CT molecular complexity index is 922. The van der Waals surface area contributed by atoms with Crippen LogP contribution in [0.2, 0.25) is 5.02 Å². The lowest BCUT2D eigenvalue weighted by atomic mass is 10.2. The van der Waals surface area contributed by atoms with Crippen LogP contribution in [0.1, 0.15) is 21.8 Å². The van der Waals surface area contributed by atoms with Crippen molar-refractivity contribution < 1.29 is 9.53 Å². The van der Waals surface area contributed by atoms with Crippen molar-refractivity contribution in [1.82, 2.24) is 9.97 Å². The molecule has 0 atom stereocenters. The minimum absolute atomic E-state index is 0.0536. The van der Waals surface area contributed by atoms with E-state index in [-0.39, 0.29) is 12.4 Å². The molecule has 0 bridgehead atoms. The first kappa shape index (κ1) is 17.6. The van der Waals surface area contributed by atoms with Gasteiger partial charge in [-0.3, -0.25) is 4.79 Å². The van der Waals surface area contributed by atoms with Crippen LogP contribution in [0, 0.1) is 13.8 Å². The summed E-state index contributed by atoms with van der Waals surface area (Å²) >= 11 is 7.53. The van der Waals surface area contributed by atoms with Crippen LogP contribution < -0.4 is 5.32 Å². The van der Waals surface area contributed by atoms with E-state index in [2.05, 4.69) is 29.1 Å². The fraction of sp³-hybridized carbons (Fsp3) is 0.278. The van der Waals surface area contributed by atoms with E-state index in [9.17, 15) is 4.79 Å². The number of carbonyl (C=O) groups is 1. The first-order chi connectivity index (χ1) is 12.0. The quantitative estimate of drug-likeness (QED) is 0.674. The van der Waals surface area contributed by atoms with Crippen LogP contribution in [0.25, 0.3) is 10.2 Å². The van der Waals surface area contributed by atoms with Gasteiger partial charge in [-0.1, -0.05) is 23.7 Å². The molecule has 5 nitrogen and oxygen atoms in total. The Hall–Kier alpha value is -2.18. The maximum absolute atomic E-state index is 11.6. The Morgan fingerprint density at radius 1 is 1.24 bits per heavy atom. The number of anilines is 1. The van der Waals surface area contributed by atoms with Gasteiger partial charge in [-0.2, -0.15) is 0 Å². The van der Waals surface area contributed by atoms with Gasteiger partial charge in [-0.25, -0.2) is 9.97 Å². The SMILES string of the molecule is COC(=O)Cc1nc(NCc2ccc(Cl)cc2)c2c(C)c(C)sc2n1. The summed E-state index contributed by atoms with van der Waals surface area (Å²) in [6.45, 7) is 4.73. The number of benzene rings is 1.